The van der Waals surface area contributed by atoms with Crippen LogP contribution in [0.2, 0.25) is 0 Å². The second-order valence-corrected chi connectivity index (χ2v) is 10.3. The summed E-state index contributed by atoms with van der Waals surface area (Å²) in [6, 6.07) is 10.4. The summed E-state index contributed by atoms with van der Waals surface area (Å²) in [6.07, 6.45) is 7.18. The minimum atomic E-state index is -3.65. The Bertz CT molecular complexity index is 736. The van der Waals surface area contributed by atoms with Gasteiger partial charge in [0.2, 0.25) is 0 Å². The number of hydrogen-bond acceptors (Lipinski definition) is 4. The van der Waals surface area contributed by atoms with Crippen molar-refractivity contribution in [2.24, 2.45) is 11.8 Å². The first-order valence-corrected chi connectivity index (χ1v) is 11.3. The van der Waals surface area contributed by atoms with Crippen LogP contribution in [-0.2, 0) is 13.6 Å². The van der Waals surface area contributed by atoms with Gasteiger partial charge in [-0.25, -0.2) is 0 Å². The van der Waals surface area contributed by atoms with Crippen molar-refractivity contribution < 1.29 is 18.7 Å². The predicted octanol–water partition coefficient (Wildman–Crippen LogP) is 5.25. The standard InChI is InChI=1S/C21H29O4P/c1-24-26(23,25-2)21(22)18-13-8-14-19(21)20(15-9-4-3-5-10-15)17-12-7-6-11-16(17)18/h3-5,9-10,18-20,22H,6-8,11-14H2,1-2H3/t18-,19+,20+,21+/m1/s1. The van der Waals surface area contributed by atoms with Crippen LogP contribution in [0.5, 0.6) is 0 Å². The second-order valence-electron chi connectivity index (χ2n) is 7.88. The van der Waals surface area contributed by atoms with Gasteiger partial charge in [-0.2, -0.15) is 0 Å². The maximum atomic E-state index is 13.6. The number of benzene rings is 1. The molecule has 1 N–H and O–H groups in total. The summed E-state index contributed by atoms with van der Waals surface area (Å²) in [4.78, 5) is 0. The van der Waals surface area contributed by atoms with Crippen molar-refractivity contribution in [3.8, 4) is 0 Å². The molecular weight excluding hydrogens is 347 g/mol. The number of hydrogen-bond donors (Lipinski definition) is 1. The van der Waals surface area contributed by atoms with E-state index < -0.39 is 12.9 Å². The molecule has 1 aromatic carbocycles. The quantitative estimate of drug-likeness (QED) is 0.576. The minimum absolute atomic E-state index is 0.103. The van der Waals surface area contributed by atoms with Crippen molar-refractivity contribution in [1.29, 1.82) is 0 Å². The maximum absolute atomic E-state index is 13.6. The Labute approximate surface area is 156 Å². The third-order valence-corrected chi connectivity index (χ3v) is 9.38. The van der Waals surface area contributed by atoms with Gasteiger partial charge in [0.25, 0.3) is 0 Å². The zero-order valence-corrected chi connectivity index (χ0v) is 16.6. The molecule has 2 bridgehead atoms. The molecule has 4 atom stereocenters. The van der Waals surface area contributed by atoms with Crippen LogP contribution >= 0.6 is 7.60 Å². The fourth-order valence-corrected chi connectivity index (χ4v) is 7.96. The highest BCUT2D eigenvalue weighted by Gasteiger charge is 2.65. The van der Waals surface area contributed by atoms with E-state index in [4.69, 9.17) is 9.05 Å². The second kappa shape index (κ2) is 6.91. The third kappa shape index (κ3) is 2.50. The molecule has 0 spiro atoms. The lowest BCUT2D eigenvalue weighted by molar-refractivity contribution is -0.0529. The van der Waals surface area contributed by atoms with Gasteiger partial charge in [0, 0.05) is 32.0 Å². The lowest BCUT2D eigenvalue weighted by Gasteiger charge is -2.56. The fourth-order valence-electron chi connectivity index (χ4n) is 5.87. The van der Waals surface area contributed by atoms with Gasteiger partial charge in [-0.15, -0.1) is 0 Å². The first-order valence-electron chi connectivity index (χ1n) is 9.77. The molecule has 142 valence electrons. The number of aliphatic hydroxyl groups is 1. The van der Waals surface area contributed by atoms with Crippen LogP contribution in [0.4, 0.5) is 0 Å². The minimum Gasteiger partial charge on any atom is -0.377 e. The van der Waals surface area contributed by atoms with E-state index in [1.807, 2.05) is 6.07 Å². The van der Waals surface area contributed by atoms with Gasteiger partial charge in [-0.05, 0) is 44.1 Å². The first kappa shape index (κ1) is 18.4. The molecule has 0 aromatic heterocycles. The normalized spacial score (nSPS) is 34.5. The molecule has 0 aliphatic heterocycles. The molecule has 0 radical (unpaired) electrons. The predicted molar refractivity (Wildman–Crippen MR) is 102 cm³/mol. The van der Waals surface area contributed by atoms with E-state index in [-0.39, 0.29) is 17.8 Å². The summed E-state index contributed by atoms with van der Waals surface area (Å²) < 4.78 is 24.4. The highest BCUT2D eigenvalue weighted by molar-refractivity contribution is 7.55. The zero-order valence-electron chi connectivity index (χ0n) is 15.7. The molecule has 0 amide bonds. The van der Waals surface area contributed by atoms with Crippen molar-refractivity contribution in [2.75, 3.05) is 14.2 Å². The molecule has 26 heavy (non-hydrogen) atoms. The van der Waals surface area contributed by atoms with Gasteiger partial charge in [0.1, 0.15) is 0 Å². The van der Waals surface area contributed by atoms with E-state index in [1.54, 1.807) is 0 Å². The van der Waals surface area contributed by atoms with Crippen LogP contribution in [0.15, 0.2) is 41.5 Å². The highest BCUT2D eigenvalue weighted by Crippen LogP contribution is 2.73. The summed E-state index contributed by atoms with van der Waals surface area (Å²) in [5.74, 6) is -0.139. The summed E-state index contributed by atoms with van der Waals surface area (Å²) >= 11 is 0. The number of rotatable bonds is 4. The van der Waals surface area contributed by atoms with Gasteiger partial charge in [0.15, 0.2) is 5.34 Å². The van der Waals surface area contributed by atoms with Crippen LogP contribution < -0.4 is 0 Å². The topological polar surface area (TPSA) is 55.8 Å². The molecular formula is C21H29O4P. The molecule has 1 aromatic rings. The van der Waals surface area contributed by atoms with Crippen molar-refractivity contribution in [1.82, 2.24) is 0 Å². The van der Waals surface area contributed by atoms with Gasteiger partial charge in [0.05, 0.1) is 0 Å². The summed E-state index contributed by atoms with van der Waals surface area (Å²) in [5, 5.41) is 10.6. The van der Waals surface area contributed by atoms with E-state index >= 15 is 0 Å². The Morgan fingerprint density at radius 1 is 1.00 bits per heavy atom. The maximum Gasteiger partial charge on any atom is 0.362 e. The largest absolute Gasteiger partial charge is 0.377 e. The molecule has 1 fully saturated rings. The molecule has 1 saturated carbocycles. The van der Waals surface area contributed by atoms with Crippen LogP contribution in [-0.4, -0.2) is 24.7 Å². The summed E-state index contributed by atoms with van der Waals surface area (Å²) in [5.41, 5.74) is 4.03. The molecule has 3 aliphatic carbocycles. The van der Waals surface area contributed by atoms with E-state index in [0.717, 1.165) is 38.5 Å². The average Bonchev–Trinajstić information content (AvgIpc) is 2.68. The van der Waals surface area contributed by atoms with E-state index in [2.05, 4.69) is 24.3 Å². The van der Waals surface area contributed by atoms with Crippen molar-refractivity contribution in [2.45, 2.75) is 56.2 Å². The van der Waals surface area contributed by atoms with E-state index in [1.165, 1.54) is 37.4 Å². The number of allylic oxidation sites excluding steroid dienone is 1. The molecule has 0 saturated heterocycles. The third-order valence-electron chi connectivity index (χ3n) is 6.90. The molecule has 0 unspecified atom stereocenters. The fraction of sp³-hybridized carbons (Fsp3) is 0.619. The summed E-state index contributed by atoms with van der Waals surface area (Å²) in [6.45, 7) is 0. The van der Waals surface area contributed by atoms with E-state index in [0.29, 0.717) is 0 Å². The van der Waals surface area contributed by atoms with Crippen molar-refractivity contribution >= 4 is 7.60 Å². The molecule has 0 heterocycles. The molecule has 3 aliphatic rings. The van der Waals surface area contributed by atoms with Crippen molar-refractivity contribution in [3.63, 3.8) is 0 Å². The molecule has 4 nitrogen and oxygen atoms in total. The molecule has 5 heteroatoms. The first-order chi connectivity index (χ1) is 12.6. The van der Waals surface area contributed by atoms with Crippen LogP contribution in [0.3, 0.4) is 0 Å². The van der Waals surface area contributed by atoms with Crippen LogP contribution in [0, 0.1) is 11.8 Å². The zero-order chi connectivity index (χ0) is 18.4. The lowest BCUT2D eigenvalue weighted by Crippen LogP contribution is -2.54. The Hall–Kier alpha value is -0.930. The monoisotopic (exact) mass is 376 g/mol. The van der Waals surface area contributed by atoms with Crippen LogP contribution in [0.25, 0.3) is 0 Å². The van der Waals surface area contributed by atoms with E-state index in [9.17, 15) is 9.67 Å². The smallest absolute Gasteiger partial charge is 0.362 e. The van der Waals surface area contributed by atoms with Crippen molar-refractivity contribution in [3.05, 3.63) is 47.0 Å². The highest BCUT2D eigenvalue weighted by atomic mass is 31.2. The Kier molecular flexibility index (Phi) is 4.90. The Morgan fingerprint density at radius 3 is 2.31 bits per heavy atom. The van der Waals surface area contributed by atoms with Gasteiger partial charge in [-0.1, -0.05) is 47.9 Å². The average molecular weight is 376 g/mol. The van der Waals surface area contributed by atoms with Crippen LogP contribution in [0.1, 0.15) is 56.4 Å². The Morgan fingerprint density at radius 2 is 1.65 bits per heavy atom. The van der Waals surface area contributed by atoms with Gasteiger partial charge < -0.3 is 14.2 Å². The summed E-state index contributed by atoms with van der Waals surface area (Å²) in [7, 11) is -0.840. The Balaban J connectivity index is 1.94. The lowest BCUT2D eigenvalue weighted by atomic mass is 9.57. The SMILES string of the molecule is COP(=O)(OC)[C@@]1(O)[C@@H]2CCC[C@H]1[C@@H](c1ccccc1)C1=C2CCCC1. The van der Waals surface area contributed by atoms with Gasteiger partial charge >= 0.3 is 7.60 Å². The molecule has 4 rings (SSSR count). The number of fused-ring (bicyclic) bond motifs is 3. The van der Waals surface area contributed by atoms with Gasteiger partial charge in [-0.3, -0.25) is 4.57 Å².